The molecule has 1 saturated heterocycles. The number of thioether (sulfide) groups is 1. The first-order valence-electron chi connectivity index (χ1n) is 12.3. The number of aliphatic hydroxyl groups is 1. The van der Waals surface area contributed by atoms with Gasteiger partial charge in [0.25, 0.3) is 5.24 Å². The minimum absolute atomic E-state index is 0.0103. The molecule has 4 aliphatic carbocycles. The third-order valence-corrected chi connectivity index (χ3v) is 11.0. The minimum Gasteiger partial charge on any atom is -0.390 e. The third-order valence-electron chi connectivity index (χ3n) is 10.1. The predicted molar refractivity (Wildman–Crippen MR) is 120 cm³/mol. The van der Waals surface area contributed by atoms with E-state index in [-0.39, 0.29) is 40.6 Å². The van der Waals surface area contributed by atoms with Crippen LogP contribution in [-0.2, 0) is 9.59 Å². The molecule has 1 N–H and O–H groups in total. The van der Waals surface area contributed by atoms with Gasteiger partial charge in [-0.1, -0.05) is 25.6 Å². The molecule has 0 radical (unpaired) electrons. The van der Waals surface area contributed by atoms with Crippen molar-refractivity contribution in [3.8, 4) is 0 Å². The Morgan fingerprint density at radius 1 is 1.10 bits per heavy atom. The van der Waals surface area contributed by atoms with Gasteiger partial charge in [-0.2, -0.15) is 0 Å². The van der Waals surface area contributed by atoms with Crippen LogP contribution in [0.5, 0.6) is 0 Å². The van der Waals surface area contributed by atoms with Crippen LogP contribution in [-0.4, -0.2) is 44.8 Å². The molecule has 1 aliphatic heterocycles. The number of ketones is 1. The number of amides is 2. The van der Waals surface area contributed by atoms with E-state index in [1.165, 1.54) is 24.2 Å². The van der Waals surface area contributed by atoms with Crippen LogP contribution in [0.3, 0.4) is 0 Å². The first-order chi connectivity index (χ1) is 14.6. The number of carbonyl (C=O) groups is 3. The Balaban J connectivity index is 1.34. The van der Waals surface area contributed by atoms with Crippen molar-refractivity contribution in [1.29, 1.82) is 0 Å². The molecule has 0 spiro atoms. The Kier molecular flexibility index (Phi) is 5.36. The van der Waals surface area contributed by atoms with E-state index in [9.17, 15) is 19.5 Å². The van der Waals surface area contributed by atoms with E-state index in [1.54, 1.807) is 0 Å². The Morgan fingerprint density at radius 2 is 1.84 bits per heavy atom. The van der Waals surface area contributed by atoms with Gasteiger partial charge in [0.05, 0.1) is 17.9 Å². The molecule has 6 heteroatoms. The highest BCUT2D eigenvalue weighted by atomic mass is 32.2. The smallest absolute Gasteiger partial charge is 0.289 e. The maximum Gasteiger partial charge on any atom is 0.289 e. The molecule has 4 saturated carbocycles. The van der Waals surface area contributed by atoms with E-state index in [0.717, 1.165) is 55.7 Å². The van der Waals surface area contributed by atoms with E-state index in [1.807, 2.05) is 6.92 Å². The van der Waals surface area contributed by atoms with E-state index in [0.29, 0.717) is 23.7 Å². The lowest BCUT2D eigenvalue weighted by molar-refractivity contribution is -0.137. The van der Waals surface area contributed by atoms with Gasteiger partial charge in [0.2, 0.25) is 5.91 Å². The quantitative estimate of drug-likeness (QED) is 0.689. The lowest BCUT2D eigenvalue weighted by atomic mass is 9.48. The van der Waals surface area contributed by atoms with Crippen LogP contribution in [0.2, 0.25) is 0 Å². The Labute approximate surface area is 190 Å². The first-order valence-corrected chi connectivity index (χ1v) is 13.3. The first kappa shape index (κ1) is 21.9. The number of carbonyl (C=O) groups excluding carboxylic acids is 3. The number of rotatable bonds is 3. The van der Waals surface area contributed by atoms with Crippen molar-refractivity contribution in [2.24, 2.45) is 46.8 Å². The average Bonchev–Trinajstić information content (AvgIpc) is 3.17. The number of hydrogen-bond donors (Lipinski definition) is 1. The molecule has 0 aromatic carbocycles. The molecule has 5 aliphatic rings. The molecule has 2 amide bonds. The standard InChI is InChI=1S/C25H37NO4S/c1-14-10-19(20(27)12-26-21(28)13-31-23(26)29)25(3)9-7-17-16-6-8-24(2,30)11-15(16)4-5-18(17)22(14)25/h14-19,22,30H,4-13H2,1-3H3/t14-,15-,16+,17-,18-,19-,22+,24-,25-/m1/s1. The van der Waals surface area contributed by atoms with E-state index < -0.39 is 5.60 Å². The van der Waals surface area contributed by atoms with Gasteiger partial charge in [-0.05, 0) is 99.2 Å². The van der Waals surface area contributed by atoms with Gasteiger partial charge in [-0.3, -0.25) is 19.3 Å². The minimum atomic E-state index is -0.488. The molecule has 0 aromatic rings. The zero-order chi connectivity index (χ0) is 22.1. The van der Waals surface area contributed by atoms with E-state index >= 15 is 0 Å². The predicted octanol–water partition coefficient (Wildman–Crippen LogP) is 4.52. The van der Waals surface area contributed by atoms with Crippen molar-refractivity contribution in [1.82, 2.24) is 4.90 Å². The summed E-state index contributed by atoms with van der Waals surface area (Å²) in [4.78, 5) is 38.6. The van der Waals surface area contributed by atoms with E-state index in [2.05, 4.69) is 13.8 Å². The van der Waals surface area contributed by atoms with Gasteiger partial charge >= 0.3 is 0 Å². The highest BCUT2D eigenvalue weighted by Crippen LogP contribution is 2.66. The third kappa shape index (κ3) is 3.51. The molecule has 172 valence electrons. The molecule has 5 nitrogen and oxygen atoms in total. The fourth-order valence-electron chi connectivity index (χ4n) is 8.92. The summed E-state index contributed by atoms with van der Waals surface area (Å²) in [5, 5.41) is 10.3. The number of nitrogens with zero attached hydrogens (tertiary/aromatic N) is 1. The molecule has 9 atom stereocenters. The fourth-order valence-corrected chi connectivity index (χ4v) is 9.65. The summed E-state index contributed by atoms with van der Waals surface area (Å²) in [5.74, 6) is 3.90. The zero-order valence-electron chi connectivity index (χ0n) is 19.1. The lowest BCUT2D eigenvalue weighted by Gasteiger charge is -2.57. The van der Waals surface area contributed by atoms with Gasteiger partial charge in [0, 0.05) is 5.92 Å². The van der Waals surface area contributed by atoms with Crippen molar-refractivity contribution >= 4 is 28.7 Å². The van der Waals surface area contributed by atoms with Crippen LogP contribution in [0.4, 0.5) is 4.79 Å². The van der Waals surface area contributed by atoms with Crippen molar-refractivity contribution in [2.75, 3.05) is 12.3 Å². The number of fused-ring (bicyclic) bond motifs is 5. The molecular formula is C25H37NO4S. The van der Waals surface area contributed by atoms with Crippen LogP contribution < -0.4 is 0 Å². The summed E-state index contributed by atoms with van der Waals surface area (Å²) in [5.41, 5.74) is -0.498. The zero-order valence-corrected chi connectivity index (χ0v) is 20.0. The second-order valence-corrected chi connectivity index (χ2v) is 12.8. The van der Waals surface area contributed by atoms with Gasteiger partial charge in [-0.25, -0.2) is 0 Å². The van der Waals surface area contributed by atoms with Crippen molar-refractivity contribution < 1.29 is 19.5 Å². The maximum absolute atomic E-state index is 13.4. The lowest BCUT2D eigenvalue weighted by Crippen LogP contribution is -2.52. The number of imide groups is 1. The van der Waals surface area contributed by atoms with Crippen molar-refractivity contribution in [3.63, 3.8) is 0 Å². The monoisotopic (exact) mass is 447 g/mol. The van der Waals surface area contributed by atoms with Crippen LogP contribution in [0.1, 0.15) is 72.1 Å². The van der Waals surface area contributed by atoms with Crippen molar-refractivity contribution in [2.45, 2.75) is 77.7 Å². The summed E-state index contributed by atoms with van der Waals surface area (Å²) in [6.45, 7) is 6.65. The number of Topliss-reactive ketones (excluding diaryl/α,β-unsaturated/α-hetero) is 1. The maximum atomic E-state index is 13.4. The molecule has 0 aromatic heterocycles. The number of hydrogen-bond acceptors (Lipinski definition) is 5. The summed E-state index contributed by atoms with van der Waals surface area (Å²) in [7, 11) is 0. The van der Waals surface area contributed by atoms with Crippen molar-refractivity contribution in [3.05, 3.63) is 0 Å². The second kappa shape index (κ2) is 7.58. The van der Waals surface area contributed by atoms with Gasteiger partial charge in [0.15, 0.2) is 5.78 Å². The molecule has 31 heavy (non-hydrogen) atoms. The second-order valence-electron chi connectivity index (χ2n) is 11.9. The molecule has 0 bridgehead atoms. The highest BCUT2D eigenvalue weighted by Gasteiger charge is 2.61. The topological polar surface area (TPSA) is 74.7 Å². The van der Waals surface area contributed by atoms with Crippen LogP contribution in [0.25, 0.3) is 0 Å². The summed E-state index contributed by atoms with van der Waals surface area (Å²) < 4.78 is 0. The highest BCUT2D eigenvalue weighted by molar-refractivity contribution is 8.14. The molecule has 5 rings (SSSR count). The molecule has 1 heterocycles. The summed E-state index contributed by atoms with van der Waals surface area (Å²) in [6.07, 6.45) is 8.64. The fraction of sp³-hybridized carbons (Fsp3) is 0.880. The molecule has 0 unspecified atom stereocenters. The van der Waals surface area contributed by atoms with Crippen LogP contribution in [0.15, 0.2) is 0 Å². The van der Waals surface area contributed by atoms with Gasteiger partial charge < -0.3 is 5.11 Å². The van der Waals surface area contributed by atoms with Gasteiger partial charge in [0.1, 0.15) is 0 Å². The van der Waals surface area contributed by atoms with E-state index in [4.69, 9.17) is 0 Å². The van der Waals surface area contributed by atoms with Crippen LogP contribution in [0, 0.1) is 46.8 Å². The molecular weight excluding hydrogens is 410 g/mol. The normalized spacial score (nSPS) is 49.5. The summed E-state index contributed by atoms with van der Waals surface area (Å²) >= 11 is 1.01. The van der Waals surface area contributed by atoms with Gasteiger partial charge in [-0.15, -0.1) is 0 Å². The largest absolute Gasteiger partial charge is 0.390 e. The van der Waals surface area contributed by atoms with Crippen LogP contribution >= 0.6 is 11.8 Å². The Morgan fingerprint density at radius 3 is 2.55 bits per heavy atom. The average molecular weight is 448 g/mol. The Bertz CT molecular complexity index is 780. The Hall–Kier alpha value is -0.880. The molecule has 5 fully saturated rings. The SMILES string of the molecule is C[C@@H]1C[C@H](C(=O)CN2C(=O)CSC2=O)[C@@]2(C)CC[C@H]3[C@@H](CC[C@@H]4C[C@](C)(O)CC[C@@H]43)[C@H]12. The summed E-state index contributed by atoms with van der Waals surface area (Å²) in [6, 6.07) is 0.